The van der Waals surface area contributed by atoms with Crippen LogP contribution in [0.3, 0.4) is 0 Å². The minimum atomic E-state index is 0.0414. The lowest BCUT2D eigenvalue weighted by Gasteiger charge is -2.18. The lowest BCUT2D eigenvalue weighted by atomic mass is 10.2. The number of Topliss-reactive ketones (excluding diaryl/α,β-unsaturated/α-hetero) is 1. The van der Waals surface area contributed by atoms with Crippen LogP contribution in [0.15, 0.2) is 48.7 Å². The monoisotopic (exact) mass is 270 g/mol. The van der Waals surface area contributed by atoms with Crippen LogP contribution in [0.25, 0.3) is 0 Å². The number of rotatable bonds is 4. The van der Waals surface area contributed by atoms with Crippen molar-refractivity contribution in [1.82, 2.24) is 4.98 Å². The first-order chi connectivity index (χ1) is 9.66. The van der Waals surface area contributed by atoms with Gasteiger partial charge in [-0.2, -0.15) is 0 Å². The fourth-order valence-corrected chi connectivity index (χ4v) is 1.76. The Kier molecular flexibility index (Phi) is 6.44. The van der Waals surface area contributed by atoms with Crippen LogP contribution in [0.5, 0.6) is 0 Å². The Morgan fingerprint density at radius 2 is 1.75 bits per heavy atom. The fourth-order valence-electron chi connectivity index (χ4n) is 1.76. The number of hydrogen-bond acceptors (Lipinski definition) is 3. The van der Waals surface area contributed by atoms with Crippen molar-refractivity contribution in [2.24, 2.45) is 0 Å². The minimum absolute atomic E-state index is 0.0414. The largest absolute Gasteiger partial charge is 0.355 e. The van der Waals surface area contributed by atoms with Gasteiger partial charge in [0.1, 0.15) is 5.82 Å². The van der Waals surface area contributed by atoms with E-state index in [1.165, 1.54) is 5.56 Å². The average Bonchev–Trinajstić information content (AvgIpc) is 2.50. The molecule has 2 aromatic rings. The number of carbonyl (C=O) groups is 1. The summed E-state index contributed by atoms with van der Waals surface area (Å²) in [6, 6.07) is 13.9. The van der Waals surface area contributed by atoms with Gasteiger partial charge in [-0.25, -0.2) is 4.98 Å². The topological polar surface area (TPSA) is 33.2 Å². The highest BCUT2D eigenvalue weighted by Gasteiger charge is 2.05. The fraction of sp³-hybridized carbons (Fsp3) is 0.294. The van der Waals surface area contributed by atoms with E-state index in [0.29, 0.717) is 5.56 Å². The van der Waals surface area contributed by atoms with Gasteiger partial charge in [0, 0.05) is 25.4 Å². The van der Waals surface area contributed by atoms with E-state index < -0.39 is 0 Å². The van der Waals surface area contributed by atoms with Gasteiger partial charge in [0.15, 0.2) is 5.78 Å². The van der Waals surface area contributed by atoms with Crippen LogP contribution in [-0.4, -0.2) is 17.8 Å². The zero-order chi connectivity index (χ0) is 15.0. The van der Waals surface area contributed by atoms with Crippen LogP contribution in [0.2, 0.25) is 0 Å². The highest BCUT2D eigenvalue weighted by molar-refractivity contribution is 5.93. The molecule has 0 bridgehead atoms. The maximum Gasteiger partial charge on any atom is 0.161 e. The number of ketones is 1. The summed E-state index contributed by atoms with van der Waals surface area (Å²) in [5.41, 5.74) is 1.88. The molecule has 1 aromatic heterocycles. The van der Waals surface area contributed by atoms with Crippen molar-refractivity contribution in [3.63, 3.8) is 0 Å². The molecule has 0 fully saturated rings. The molecule has 0 atom stereocenters. The van der Waals surface area contributed by atoms with Crippen LogP contribution < -0.4 is 4.90 Å². The highest BCUT2D eigenvalue weighted by atomic mass is 16.1. The van der Waals surface area contributed by atoms with Gasteiger partial charge in [-0.1, -0.05) is 44.2 Å². The van der Waals surface area contributed by atoms with Crippen LogP contribution in [0.1, 0.15) is 36.7 Å². The number of anilines is 1. The second-order valence-electron chi connectivity index (χ2n) is 4.30. The Morgan fingerprint density at radius 1 is 1.10 bits per heavy atom. The third-order valence-electron chi connectivity index (χ3n) is 2.81. The van der Waals surface area contributed by atoms with E-state index in [-0.39, 0.29) is 5.78 Å². The smallest absolute Gasteiger partial charge is 0.161 e. The standard InChI is InChI=1S/C15H16N2O.C2H6/c1-12(18)14-8-9-15(16-10-14)17(2)11-13-6-4-3-5-7-13;1-2/h3-10H,11H2,1-2H3;1-2H3. The second-order valence-corrected chi connectivity index (χ2v) is 4.30. The van der Waals surface area contributed by atoms with Gasteiger partial charge in [-0.15, -0.1) is 0 Å². The zero-order valence-electron chi connectivity index (χ0n) is 12.6. The molecule has 2 rings (SSSR count). The Morgan fingerprint density at radius 3 is 2.25 bits per heavy atom. The first kappa shape index (κ1) is 15.9. The van der Waals surface area contributed by atoms with Gasteiger partial charge < -0.3 is 4.90 Å². The number of benzene rings is 1. The predicted octanol–water partition coefficient (Wildman–Crippen LogP) is 3.95. The van der Waals surface area contributed by atoms with Crippen molar-refractivity contribution in [1.29, 1.82) is 0 Å². The van der Waals surface area contributed by atoms with Crippen molar-refractivity contribution in [3.8, 4) is 0 Å². The summed E-state index contributed by atoms with van der Waals surface area (Å²) in [5.74, 6) is 0.906. The van der Waals surface area contributed by atoms with E-state index >= 15 is 0 Å². The third kappa shape index (κ3) is 4.50. The maximum atomic E-state index is 11.2. The molecular formula is C17H22N2O. The Labute approximate surface area is 121 Å². The number of nitrogens with zero attached hydrogens (tertiary/aromatic N) is 2. The van der Waals surface area contributed by atoms with Gasteiger partial charge in [-0.3, -0.25) is 4.79 Å². The zero-order valence-corrected chi connectivity index (χ0v) is 12.6. The van der Waals surface area contributed by atoms with Crippen LogP contribution in [0.4, 0.5) is 5.82 Å². The molecular weight excluding hydrogens is 248 g/mol. The molecule has 0 aliphatic heterocycles. The van der Waals surface area contributed by atoms with E-state index in [9.17, 15) is 4.79 Å². The molecule has 0 N–H and O–H groups in total. The van der Waals surface area contributed by atoms with Crippen molar-refractivity contribution in [2.45, 2.75) is 27.3 Å². The third-order valence-corrected chi connectivity index (χ3v) is 2.81. The molecule has 0 saturated heterocycles. The molecule has 0 unspecified atom stereocenters. The van der Waals surface area contributed by atoms with Gasteiger partial charge >= 0.3 is 0 Å². The van der Waals surface area contributed by atoms with Crippen molar-refractivity contribution in [3.05, 3.63) is 59.8 Å². The molecule has 0 aliphatic rings. The summed E-state index contributed by atoms with van der Waals surface area (Å²) in [6.45, 7) is 6.34. The van der Waals surface area contributed by atoms with E-state index in [2.05, 4.69) is 22.0 Å². The summed E-state index contributed by atoms with van der Waals surface area (Å²) >= 11 is 0. The molecule has 0 saturated carbocycles. The average molecular weight is 270 g/mol. The van der Waals surface area contributed by atoms with Gasteiger partial charge in [0.25, 0.3) is 0 Å². The van der Waals surface area contributed by atoms with E-state index in [1.807, 2.05) is 51.2 Å². The van der Waals surface area contributed by atoms with Crippen LogP contribution in [0, 0.1) is 0 Å². The molecule has 0 aliphatic carbocycles. The van der Waals surface area contributed by atoms with E-state index in [4.69, 9.17) is 0 Å². The summed E-state index contributed by atoms with van der Waals surface area (Å²) in [5, 5.41) is 0. The molecule has 0 radical (unpaired) electrons. The first-order valence-electron chi connectivity index (χ1n) is 6.89. The van der Waals surface area contributed by atoms with Crippen molar-refractivity contribution < 1.29 is 4.79 Å². The Hall–Kier alpha value is -2.16. The lowest BCUT2D eigenvalue weighted by molar-refractivity contribution is 0.101. The van der Waals surface area contributed by atoms with E-state index in [0.717, 1.165) is 12.4 Å². The second kappa shape index (κ2) is 8.10. The highest BCUT2D eigenvalue weighted by Crippen LogP contribution is 2.13. The number of hydrogen-bond donors (Lipinski definition) is 0. The SMILES string of the molecule is CC.CC(=O)c1ccc(N(C)Cc2ccccc2)nc1. The molecule has 1 heterocycles. The quantitative estimate of drug-likeness (QED) is 0.789. The predicted molar refractivity (Wildman–Crippen MR) is 84.1 cm³/mol. The molecule has 3 nitrogen and oxygen atoms in total. The molecule has 106 valence electrons. The van der Waals surface area contributed by atoms with Crippen molar-refractivity contribution >= 4 is 11.6 Å². The molecule has 20 heavy (non-hydrogen) atoms. The summed E-state index contributed by atoms with van der Waals surface area (Å²) in [6.07, 6.45) is 1.62. The van der Waals surface area contributed by atoms with Gasteiger partial charge in [0.05, 0.1) is 0 Å². The van der Waals surface area contributed by atoms with Gasteiger partial charge in [-0.05, 0) is 24.6 Å². The number of aromatic nitrogens is 1. The lowest BCUT2D eigenvalue weighted by Crippen LogP contribution is -2.17. The van der Waals surface area contributed by atoms with Crippen LogP contribution in [-0.2, 0) is 6.54 Å². The normalized spacial score (nSPS) is 9.40. The summed E-state index contributed by atoms with van der Waals surface area (Å²) in [7, 11) is 1.99. The molecule has 1 aromatic carbocycles. The van der Waals surface area contributed by atoms with Gasteiger partial charge in [0.2, 0.25) is 0 Å². The Bertz CT molecular complexity index is 520. The molecule has 0 amide bonds. The maximum absolute atomic E-state index is 11.2. The van der Waals surface area contributed by atoms with Crippen LogP contribution >= 0.6 is 0 Å². The number of carbonyl (C=O) groups excluding carboxylic acids is 1. The summed E-state index contributed by atoms with van der Waals surface area (Å²) < 4.78 is 0. The minimum Gasteiger partial charge on any atom is -0.355 e. The summed E-state index contributed by atoms with van der Waals surface area (Å²) in [4.78, 5) is 17.5. The molecule has 3 heteroatoms. The molecule has 0 spiro atoms. The number of pyridine rings is 1. The Balaban J connectivity index is 0.000000956. The first-order valence-corrected chi connectivity index (χ1v) is 6.89. The van der Waals surface area contributed by atoms with Crippen molar-refractivity contribution in [2.75, 3.05) is 11.9 Å². The van der Waals surface area contributed by atoms with E-state index in [1.54, 1.807) is 13.1 Å².